The van der Waals surface area contributed by atoms with Crippen LogP contribution in [0.5, 0.6) is 0 Å². The topological polar surface area (TPSA) is 52.1 Å². The maximum absolute atomic E-state index is 11.5. The van der Waals surface area contributed by atoms with Gasteiger partial charge in [0.1, 0.15) is 5.25 Å². The summed E-state index contributed by atoms with van der Waals surface area (Å²) in [6, 6.07) is 1.75. The van der Waals surface area contributed by atoms with Crippen molar-refractivity contribution >= 4 is 17.7 Å². The lowest BCUT2D eigenvalue weighted by atomic mass is 10.2. The molecule has 88 valence electrons. The highest BCUT2D eigenvalue weighted by atomic mass is 32.2. The lowest BCUT2D eigenvalue weighted by Gasteiger charge is -2.12. The van der Waals surface area contributed by atoms with Crippen LogP contribution in [0.25, 0.3) is 0 Å². The first-order valence-corrected chi connectivity index (χ1v) is 6.17. The predicted octanol–water partition coefficient (Wildman–Crippen LogP) is 2.30. The summed E-state index contributed by atoms with van der Waals surface area (Å²) in [6.45, 7) is 2.10. The summed E-state index contributed by atoms with van der Waals surface area (Å²) >= 11 is 1.36. The summed E-state index contributed by atoms with van der Waals surface area (Å²) in [7, 11) is 1.41. The molecule has 1 rings (SSSR count). The first-order valence-electron chi connectivity index (χ1n) is 5.29. The molecule has 0 bridgehead atoms. The van der Waals surface area contributed by atoms with Crippen molar-refractivity contribution < 1.29 is 9.53 Å². The number of thioether (sulfide) groups is 1. The fraction of sp³-hybridized carbons (Fsp3) is 0.545. The maximum atomic E-state index is 11.5. The van der Waals surface area contributed by atoms with Crippen LogP contribution in [0.3, 0.4) is 0 Å². The number of carbonyl (C=O) groups is 1. The van der Waals surface area contributed by atoms with E-state index in [2.05, 4.69) is 16.9 Å². The normalized spacial score (nSPS) is 12.1. The third kappa shape index (κ3) is 4.18. The minimum absolute atomic E-state index is 0.202. The SMILES string of the molecule is CCCCC(Sc1ncccn1)C(=O)OC. The van der Waals surface area contributed by atoms with Crippen LogP contribution in [0, 0.1) is 0 Å². The maximum Gasteiger partial charge on any atom is 0.319 e. The molecule has 0 aliphatic carbocycles. The number of carbonyl (C=O) groups excluding carboxylic acids is 1. The quantitative estimate of drug-likeness (QED) is 0.434. The minimum atomic E-state index is -0.203. The summed E-state index contributed by atoms with van der Waals surface area (Å²) in [5, 5.41) is 0.418. The Labute approximate surface area is 99.8 Å². The van der Waals surface area contributed by atoms with Crippen molar-refractivity contribution in [2.75, 3.05) is 7.11 Å². The molecule has 0 aliphatic heterocycles. The summed E-state index contributed by atoms with van der Waals surface area (Å²) < 4.78 is 4.77. The molecule has 1 aromatic rings. The number of nitrogens with zero attached hydrogens (tertiary/aromatic N) is 2. The lowest BCUT2D eigenvalue weighted by molar-refractivity contribution is -0.140. The number of hydrogen-bond acceptors (Lipinski definition) is 5. The molecule has 1 atom stereocenters. The van der Waals surface area contributed by atoms with Crippen molar-refractivity contribution in [3.63, 3.8) is 0 Å². The van der Waals surface area contributed by atoms with Gasteiger partial charge in [0.25, 0.3) is 0 Å². The minimum Gasteiger partial charge on any atom is -0.468 e. The van der Waals surface area contributed by atoms with E-state index >= 15 is 0 Å². The van der Waals surface area contributed by atoms with Gasteiger partial charge in [-0.25, -0.2) is 9.97 Å². The van der Waals surface area contributed by atoms with Crippen molar-refractivity contribution in [2.45, 2.75) is 36.6 Å². The third-order valence-electron chi connectivity index (χ3n) is 2.07. The summed E-state index contributed by atoms with van der Waals surface area (Å²) in [5.74, 6) is -0.203. The van der Waals surface area contributed by atoms with Gasteiger partial charge >= 0.3 is 5.97 Å². The molecular formula is C11H16N2O2S. The van der Waals surface area contributed by atoms with Crippen LogP contribution in [-0.4, -0.2) is 28.3 Å². The van der Waals surface area contributed by atoms with Crippen LogP contribution in [0.4, 0.5) is 0 Å². The molecule has 0 spiro atoms. The van der Waals surface area contributed by atoms with E-state index in [0.717, 1.165) is 19.3 Å². The van der Waals surface area contributed by atoms with Crippen LogP contribution in [0.2, 0.25) is 0 Å². The van der Waals surface area contributed by atoms with Crippen molar-refractivity contribution in [1.29, 1.82) is 0 Å². The van der Waals surface area contributed by atoms with Crippen molar-refractivity contribution in [3.05, 3.63) is 18.5 Å². The van der Waals surface area contributed by atoms with E-state index in [4.69, 9.17) is 4.74 Å². The fourth-order valence-electron chi connectivity index (χ4n) is 1.22. The van der Waals surface area contributed by atoms with Gasteiger partial charge in [0.2, 0.25) is 0 Å². The number of hydrogen-bond donors (Lipinski definition) is 0. The van der Waals surface area contributed by atoms with Gasteiger partial charge in [-0.15, -0.1) is 0 Å². The average molecular weight is 240 g/mol. The summed E-state index contributed by atoms with van der Waals surface area (Å²) in [5.41, 5.74) is 0. The molecule has 0 aromatic carbocycles. The first kappa shape index (κ1) is 13.0. The number of unbranched alkanes of at least 4 members (excludes halogenated alkanes) is 1. The zero-order valence-corrected chi connectivity index (χ0v) is 10.4. The second kappa shape index (κ2) is 7.22. The molecule has 16 heavy (non-hydrogen) atoms. The Morgan fingerprint density at radius 3 is 2.75 bits per heavy atom. The van der Waals surface area contributed by atoms with Crippen molar-refractivity contribution in [1.82, 2.24) is 9.97 Å². The number of aromatic nitrogens is 2. The van der Waals surface area contributed by atoms with Gasteiger partial charge in [-0.05, 0) is 12.5 Å². The molecule has 0 saturated heterocycles. The highest BCUT2D eigenvalue weighted by Gasteiger charge is 2.20. The Morgan fingerprint density at radius 1 is 1.50 bits per heavy atom. The van der Waals surface area contributed by atoms with Crippen LogP contribution in [0.15, 0.2) is 23.6 Å². The Balaban J connectivity index is 2.59. The molecule has 4 nitrogen and oxygen atoms in total. The Bertz CT molecular complexity index is 319. The van der Waals surface area contributed by atoms with E-state index < -0.39 is 0 Å². The van der Waals surface area contributed by atoms with Gasteiger partial charge in [-0.3, -0.25) is 4.79 Å². The number of ether oxygens (including phenoxy) is 1. The molecule has 0 aliphatic rings. The van der Waals surface area contributed by atoms with E-state index in [1.54, 1.807) is 18.5 Å². The third-order valence-corrected chi connectivity index (χ3v) is 3.21. The number of rotatable bonds is 6. The second-order valence-corrected chi connectivity index (χ2v) is 4.47. The van der Waals surface area contributed by atoms with E-state index in [1.807, 2.05) is 0 Å². The van der Waals surface area contributed by atoms with E-state index in [-0.39, 0.29) is 11.2 Å². The number of methoxy groups -OCH3 is 1. The lowest BCUT2D eigenvalue weighted by Crippen LogP contribution is -2.19. The second-order valence-electron chi connectivity index (χ2n) is 3.30. The van der Waals surface area contributed by atoms with Crippen LogP contribution < -0.4 is 0 Å². The molecule has 0 N–H and O–H groups in total. The molecule has 0 saturated carbocycles. The highest BCUT2D eigenvalue weighted by Crippen LogP contribution is 2.24. The van der Waals surface area contributed by atoms with Crippen LogP contribution in [0.1, 0.15) is 26.2 Å². The Hall–Kier alpha value is -1.10. The van der Waals surface area contributed by atoms with E-state index in [0.29, 0.717) is 5.16 Å². The van der Waals surface area contributed by atoms with Crippen molar-refractivity contribution in [3.8, 4) is 0 Å². The Kier molecular flexibility index (Phi) is 5.85. The molecule has 0 fully saturated rings. The predicted molar refractivity (Wildman–Crippen MR) is 63.2 cm³/mol. The standard InChI is InChI=1S/C11H16N2O2S/c1-3-4-6-9(10(14)15-2)16-11-12-7-5-8-13-11/h5,7-9H,3-4,6H2,1-2H3. The average Bonchev–Trinajstić information content (AvgIpc) is 2.34. The van der Waals surface area contributed by atoms with Gasteiger partial charge < -0.3 is 4.74 Å². The number of esters is 1. The molecule has 0 amide bonds. The molecule has 0 radical (unpaired) electrons. The van der Waals surface area contributed by atoms with Gasteiger partial charge in [-0.2, -0.15) is 0 Å². The molecule has 1 aromatic heterocycles. The van der Waals surface area contributed by atoms with Crippen molar-refractivity contribution in [2.24, 2.45) is 0 Å². The highest BCUT2D eigenvalue weighted by molar-refractivity contribution is 8.00. The molecular weight excluding hydrogens is 224 g/mol. The monoisotopic (exact) mass is 240 g/mol. The van der Waals surface area contributed by atoms with E-state index in [9.17, 15) is 4.79 Å². The van der Waals surface area contributed by atoms with Gasteiger partial charge in [-0.1, -0.05) is 31.5 Å². The molecule has 1 heterocycles. The van der Waals surface area contributed by atoms with Gasteiger partial charge in [0.05, 0.1) is 7.11 Å². The van der Waals surface area contributed by atoms with Crippen LogP contribution in [-0.2, 0) is 9.53 Å². The first-order chi connectivity index (χ1) is 7.77. The molecule has 1 unspecified atom stereocenters. The summed E-state index contributed by atoms with van der Waals surface area (Å²) in [4.78, 5) is 19.7. The molecule has 5 heteroatoms. The van der Waals surface area contributed by atoms with Gasteiger partial charge in [0, 0.05) is 12.4 Å². The summed E-state index contributed by atoms with van der Waals surface area (Å²) in [6.07, 6.45) is 6.20. The van der Waals surface area contributed by atoms with Gasteiger partial charge in [0.15, 0.2) is 5.16 Å². The van der Waals surface area contributed by atoms with E-state index in [1.165, 1.54) is 18.9 Å². The van der Waals surface area contributed by atoms with Crippen LogP contribution >= 0.6 is 11.8 Å². The fourth-order valence-corrected chi connectivity index (χ4v) is 2.19. The Morgan fingerprint density at radius 2 is 2.19 bits per heavy atom. The smallest absolute Gasteiger partial charge is 0.319 e. The zero-order chi connectivity index (χ0) is 11.8. The largest absolute Gasteiger partial charge is 0.468 e. The zero-order valence-electron chi connectivity index (χ0n) is 9.55.